The topological polar surface area (TPSA) is 116 Å². The standard InChI is InChI=1S/C18H20FIN6O2S2/c1-2-30(27,28)24-5-6-26-17-15(16(21)22-9-23-17)25-18(26)29-14-8-11-10(7-13(14)20)3-4-12(11)19/h7-9,12,24H,2-6H2,1H3,(H2,21,22,23). The third kappa shape index (κ3) is 4.27. The molecule has 0 aliphatic heterocycles. The van der Waals surface area contributed by atoms with Crippen molar-refractivity contribution in [2.75, 3.05) is 18.0 Å². The van der Waals surface area contributed by atoms with Crippen LogP contribution in [0.5, 0.6) is 0 Å². The summed E-state index contributed by atoms with van der Waals surface area (Å²) in [5.74, 6) is 0.258. The summed E-state index contributed by atoms with van der Waals surface area (Å²) >= 11 is 3.63. The van der Waals surface area contributed by atoms with Crippen LogP contribution in [-0.4, -0.2) is 40.2 Å². The molecule has 2 heterocycles. The lowest BCUT2D eigenvalue weighted by atomic mass is 10.1. The summed E-state index contributed by atoms with van der Waals surface area (Å²) in [6, 6.07) is 3.91. The Kier molecular flexibility index (Phi) is 6.19. The van der Waals surface area contributed by atoms with Crippen LogP contribution in [0.3, 0.4) is 0 Å². The lowest BCUT2D eigenvalue weighted by Gasteiger charge is -2.11. The predicted octanol–water partition coefficient (Wildman–Crippen LogP) is 3.06. The normalized spacial score (nSPS) is 16.3. The van der Waals surface area contributed by atoms with Gasteiger partial charge in [0.2, 0.25) is 10.0 Å². The summed E-state index contributed by atoms with van der Waals surface area (Å²) in [5.41, 5.74) is 8.74. The van der Waals surface area contributed by atoms with Crippen LogP contribution in [0, 0.1) is 3.57 Å². The summed E-state index contributed by atoms with van der Waals surface area (Å²) in [5, 5.41) is 0.596. The molecule has 4 rings (SSSR count). The van der Waals surface area contributed by atoms with E-state index in [4.69, 9.17) is 5.73 Å². The van der Waals surface area contributed by atoms with Gasteiger partial charge in [-0.25, -0.2) is 32.5 Å². The molecule has 0 fully saturated rings. The van der Waals surface area contributed by atoms with Crippen molar-refractivity contribution < 1.29 is 12.8 Å². The second-order valence-electron chi connectivity index (χ2n) is 6.86. The summed E-state index contributed by atoms with van der Waals surface area (Å²) in [6.07, 6.45) is 1.68. The molecule has 0 saturated heterocycles. The van der Waals surface area contributed by atoms with Crippen molar-refractivity contribution >= 4 is 61.4 Å². The minimum Gasteiger partial charge on any atom is -0.382 e. The Bertz CT molecular complexity index is 1220. The molecule has 1 aliphatic carbocycles. The summed E-state index contributed by atoms with van der Waals surface area (Å²) < 4.78 is 43.2. The number of anilines is 1. The number of nitrogens with one attached hydrogen (secondary N) is 1. The van der Waals surface area contributed by atoms with E-state index < -0.39 is 16.2 Å². The zero-order valence-corrected chi connectivity index (χ0v) is 19.9. The van der Waals surface area contributed by atoms with E-state index >= 15 is 0 Å². The van der Waals surface area contributed by atoms with Gasteiger partial charge in [-0.2, -0.15) is 0 Å². The highest BCUT2D eigenvalue weighted by Gasteiger charge is 2.25. The molecular weight excluding hydrogens is 542 g/mol. The number of hydrogen-bond acceptors (Lipinski definition) is 7. The van der Waals surface area contributed by atoms with Gasteiger partial charge < -0.3 is 10.3 Å². The van der Waals surface area contributed by atoms with E-state index in [0.717, 1.165) is 26.0 Å². The fourth-order valence-electron chi connectivity index (χ4n) is 3.36. The number of nitrogens with two attached hydrogens (primary N) is 1. The number of sulfonamides is 1. The number of fused-ring (bicyclic) bond motifs is 2. The fraction of sp³-hybridized carbons (Fsp3) is 0.389. The van der Waals surface area contributed by atoms with Gasteiger partial charge in [0, 0.05) is 21.6 Å². The van der Waals surface area contributed by atoms with Gasteiger partial charge in [-0.3, -0.25) is 0 Å². The van der Waals surface area contributed by atoms with Crippen molar-refractivity contribution in [1.82, 2.24) is 24.2 Å². The first-order valence-corrected chi connectivity index (χ1v) is 12.9. The van der Waals surface area contributed by atoms with Gasteiger partial charge in [-0.1, -0.05) is 11.8 Å². The zero-order valence-electron chi connectivity index (χ0n) is 16.1. The highest BCUT2D eigenvalue weighted by atomic mass is 127. The highest BCUT2D eigenvalue weighted by Crippen LogP contribution is 2.41. The summed E-state index contributed by atoms with van der Waals surface area (Å²) in [4.78, 5) is 13.8. The molecule has 0 radical (unpaired) electrons. The van der Waals surface area contributed by atoms with E-state index in [0.29, 0.717) is 29.3 Å². The van der Waals surface area contributed by atoms with Gasteiger partial charge in [0.1, 0.15) is 12.5 Å². The van der Waals surface area contributed by atoms with Crippen LogP contribution in [0.15, 0.2) is 28.5 Å². The molecule has 2 aromatic heterocycles. The fourth-order valence-corrected chi connectivity index (χ4v) is 5.79. The molecule has 0 bridgehead atoms. The number of benzene rings is 1. The molecule has 8 nitrogen and oxygen atoms in total. The molecule has 1 unspecified atom stereocenters. The maximum atomic E-state index is 14.2. The average Bonchev–Trinajstić information content (AvgIpc) is 3.24. The highest BCUT2D eigenvalue weighted by molar-refractivity contribution is 14.1. The number of hydrogen-bond donors (Lipinski definition) is 2. The molecule has 3 N–H and O–H groups in total. The second kappa shape index (κ2) is 8.55. The first-order valence-electron chi connectivity index (χ1n) is 9.37. The van der Waals surface area contributed by atoms with E-state index in [-0.39, 0.29) is 18.1 Å². The van der Waals surface area contributed by atoms with Crippen molar-refractivity contribution in [3.05, 3.63) is 33.2 Å². The molecule has 1 aromatic carbocycles. The van der Waals surface area contributed by atoms with Gasteiger partial charge in [0.25, 0.3) is 0 Å². The summed E-state index contributed by atoms with van der Waals surface area (Å²) in [7, 11) is -3.32. The number of aromatic nitrogens is 4. The zero-order chi connectivity index (χ0) is 21.5. The third-order valence-corrected chi connectivity index (χ3v) is 8.68. The molecule has 3 aromatic rings. The number of nitrogens with zero attached hydrogens (tertiary/aromatic N) is 4. The minimum atomic E-state index is -3.32. The minimum absolute atomic E-state index is 0.00607. The SMILES string of the molecule is CCS(=O)(=O)NCCn1c(Sc2cc3c(cc2I)CCC3F)nc2c(N)ncnc21. The second-order valence-corrected chi connectivity index (χ2v) is 11.1. The molecule has 0 spiro atoms. The molecule has 1 aliphatic rings. The number of rotatable bonds is 7. The molecular formula is C18H20FIN6O2S2. The molecule has 12 heteroatoms. The monoisotopic (exact) mass is 562 g/mol. The number of aryl methyl sites for hydroxylation is 1. The van der Waals surface area contributed by atoms with Gasteiger partial charge in [-0.05, 0) is 65.6 Å². The Labute approximate surface area is 191 Å². The van der Waals surface area contributed by atoms with Crippen LogP contribution in [0.2, 0.25) is 0 Å². The lowest BCUT2D eigenvalue weighted by Crippen LogP contribution is -2.28. The number of imidazole rings is 1. The van der Waals surface area contributed by atoms with E-state index in [1.807, 2.05) is 16.7 Å². The largest absolute Gasteiger partial charge is 0.382 e. The van der Waals surface area contributed by atoms with E-state index in [1.54, 1.807) is 6.92 Å². The Morgan fingerprint density at radius 1 is 1.40 bits per heavy atom. The predicted molar refractivity (Wildman–Crippen MR) is 123 cm³/mol. The number of alkyl halides is 1. The van der Waals surface area contributed by atoms with Gasteiger partial charge in [0.15, 0.2) is 22.1 Å². The van der Waals surface area contributed by atoms with Gasteiger partial charge >= 0.3 is 0 Å². The third-order valence-electron chi connectivity index (χ3n) is 4.96. The Hall–Kier alpha value is -1.51. The van der Waals surface area contributed by atoms with Crippen molar-refractivity contribution in [3.8, 4) is 0 Å². The van der Waals surface area contributed by atoms with Crippen LogP contribution >= 0.6 is 34.4 Å². The maximum absolute atomic E-state index is 14.2. The van der Waals surface area contributed by atoms with Crippen LogP contribution in [-0.2, 0) is 23.0 Å². The molecule has 0 amide bonds. The molecule has 1 atom stereocenters. The van der Waals surface area contributed by atoms with Crippen LogP contribution in [0.4, 0.5) is 10.2 Å². The quantitative estimate of drug-likeness (QED) is 0.426. The number of halogens is 2. The average molecular weight is 562 g/mol. The van der Waals surface area contributed by atoms with E-state index in [9.17, 15) is 12.8 Å². The smallest absolute Gasteiger partial charge is 0.211 e. The van der Waals surface area contributed by atoms with E-state index in [1.165, 1.54) is 18.1 Å². The van der Waals surface area contributed by atoms with Crippen molar-refractivity contribution in [2.45, 2.75) is 42.5 Å². The van der Waals surface area contributed by atoms with Crippen molar-refractivity contribution in [2.24, 2.45) is 0 Å². The summed E-state index contributed by atoms with van der Waals surface area (Å²) in [6.45, 7) is 2.09. The Morgan fingerprint density at radius 3 is 2.97 bits per heavy atom. The molecule has 30 heavy (non-hydrogen) atoms. The van der Waals surface area contributed by atoms with Crippen LogP contribution < -0.4 is 10.5 Å². The maximum Gasteiger partial charge on any atom is 0.211 e. The van der Waals surface area contributed by atoms with Crippen LogP contribution in [0.1, 0.15) is 30.6 Å². The lowest BCUT2D eigenvalue weighted by molar-refractivity contribution is 0.343. The van der Waals surface area contributed by atoms with Crippen molar-refractivity contribution in [1.29, 1.82) is 0 Å². The number of nitrogen functional groups attached to an aromatic ring is 1. The van der Waals surface area contributed by atoms with Crippen LogP contribution in [0.25, 0.3) is 11.2 Å². The molecule has 0 saturated carbocycles. The molecule has 160 valence electrons. The first kappa shape index (κ1) is 21.7. The first-order chi connectivity index (χ1) is 14.3. The van der Waals surface area contributed by atoms with Gasteiger partial charge in [-0.15, -0.1) is 0 Å². The van der Waals surface area contributed by atoms with E-state index in [2.05, 4.69) is 42.3 Å². The van der Waals surface area contributed by atoms with Gasteiger partial charge in [0.05, 0.1) is 5.75 Å². The Morgan fingerprint density at radius 2 is 2.20 bits per heavy atom. The van der Waals surface area contributed by atoms with Crippen molar-refractivity contribution in [3.63, 3.8) is 0 Å². The Balaban J connectivity index is 1.70.